The lowest BCUT2D eigenvalue weighted by Crippen LogP contribution is -2.28. The quantitative estimate of drug-likeness (QED) is 0.911. The van der Waals surface area contributed by atoms with Crippen LogP contribution in [0.4, 0.5) is 18.9 Å². The highest BCUT2D eigenvalue weighted by molar-refractivity contribution is 5.92. The Morgan fingerprint density at radius 2 is 2.17 bits per heavy atom. The summed E-state index contributed by atoms with van der Waals surface area (Å²) in [5, 5.41) is 10.6. The summed E-state index contributed by atoms with van der Waals surface area (Å²) in [6.07, 6.45) is -1.65. The summed E-state index contributed by atoms with van der Waals surface area (Å²) in [5.41, 5.74) is 1.11. The Balaban J connectivity index is 1.71. The molecule has 2 heterocycles. The molecule has 1 N–H and O–H groups in total. The zero-order valence-electron chi connectivity index (χ0n) is 13.2. The van der Waals surface area contributed by atoms with Crippen LogP contribution in [0.25, 0.3) is 0 Å². The molecule has 9 heteroatoms. The highest BCUT2D eigenvalue weighted by Crippen LogP contribution is 2.31. The summed E-state index contributed by atoms with van der Waals surface area (Å²) in [6, 6.07) is 1.28. The van der Waals surface area contributed by atoms with Crippen molar-refractivity contribution in [1.29, 1.82) is 0 Å². The van der Waals surface area contributed by atoms with E-state index in [1.165, 1.54) is 13.0 Å². The lowest BCUT2D eigenvalue weighted by atomic mass is 9.89. The van der Waals surface area contributed by atoms with Crippen LogP contribution in [0.3, 0.4) is 0 Å². The van der Waals surface area contributed by atoms with Crippen LogP contribution in [0.2, 0.25) is 0 Å². The van der Waals surface area contributed by atoms with Gasteiger partial charge in [-0.05, 0) is 31.4 Å². The van der Waals surface area contributed by atoms with Crippen molar-refractivity contribution in [3.63, 3.8) is 0 Å². The smallest absolute Gasteiger partial charge is 0.324 e. The summed E-state index contributed by atoms with van der Waals surface area (Å²) < 4.78 is 39.8. The molecule has 2 aromatic heterocycles. The fourth-order valence-electron chi connectivity index (χ4n) is 2.94. The maximum absolute atomic E-state index is 12.7. The number of carbonyl (C=O) groups excluding carboxylic acids is 1. The van der Waals surface area contributed by atoms with E-state index in [-0.39, 0.29) is 23.1 Å². The number of alkyl halides is 3. The molecule has 0 radical (unpaired) electrons. The minimum absolute atomic E-state index is 0.0276. The van der Waals surface area contributed by atoms with Gasteiger partial charge >= 0.3 is 6.18 Å². The average molecular weight is 339 g/mol. The Hall–Kier alpha value is -2.45. The first-order valence-electron chi connectivity index (χ1n) is 7.48. The number of nitrogens with one attached hydrogen (secondary N) is 1. The van der Waals surface area contributed by atoms with Crippen LogP contribution in [0, 0.1) is 12.8 Å². The Kier molecular flexibility index (Phi) is 4.02. The molecule has 1 aliphatic carbocycles. The lowest BCUT2D eigenvalue weighted by molar-refractivity contribution is -0.141. The highest BCUT2D eigenvalue weighted by Gasteiger charge is 2.34. The highest BCUT2D eigenvalue weighted by atomic mass is 19.4. The SMILES string of the molecule is Cc1cc(NC(=O)C2CCc3c(nnn3C)C2)cnc1C(F)(F)F. The van der Waals surface area contributed by atoms with Crippen molar-refractivity contribution in [2.75, 3.05) is 5.32 Å². The van der Waals surface area contributed by atoms with Crippen LogP contribution in [0.5, 0.6) is 0 Å². The van der Waals surface area contributed by atoms with Crippen molar-refractivity contribution in [2.45, 2.75) is 32.4 Å². The Morgan fingerprint density at radius 1 is 1.42 bits per heavy atom. The molecule has 0 fully saturated rings. The number of aromatic nitrogens is 4. The number of pyridine rings is 1. The summed E-state index contributed by atoms with van der Waals surface area (Å²) in [6.45, 7) is 1.32. The van der Waals surface area contributed by atoms with E-state index in [9.17, 15) is 18.0 Å². The number of anilines is 1. The van der Waals surface area contributed by atoms with E-state index in [0.717, 1.165) is 17.6 Å². The van der Waals surface area contributed by atoms with Crippen LogP contribution in [-0.2, 0) is 30.9 Å². The molecule has 0 aromatic carbocycles. The van der Waals surface area contributed by atoms with E-state index in [1.54, 1.807) is 4.68 Å². The van der Waals surface area contributed by atoms with Crippen molar-refractivity contribution in [1.82, 2.24) is 20.0 Å². The number of hydrogen-bond acceptors (Lipinski definition) is 4. The fourth-order valence-corrected chi connectivity index (χ4v) is 2.94. The molecule has 0 bridgehead atoms. The molecule has 1 aliphatic rings. The topological polar surface area (TPSA) is 72.7 Å². The normalized spacial score (nSPS) is 17.5. The van der Waals surface area contributed by atoms with Gasteiger partial charge in [0.1, 0.15) is 5.69 Å². The van der Waals surface area contributed by atoms with Gasteiger partial charge in [-0.25, -0.2) is 4.98 Å². The molecular weight excluding hydrogens is 323 g/mol. The van der Waals surface area contributed by atoms with Gasteiger partial charge in [-0.2, -0.15) is 13.2 Å². The maximum atomic E-state index is 12.7. The monoisotopic (exact) mass is 339 g/mol. The molecule has 0 aliphatic heterocycles. The molecule has 128 valence electrons. The molecule has 1 atom stereocenters. The van der Waals surface area contributed by atoms with E-state index in [1.807, 2.05) is 7.05 Å². The number of rotatable bonds is 2. The minimum Gasteiger partial charge on any atom is -0.324 e. The van der Waals surface area contributed by atoms with Gasteiger partial charge in [0.05, 0.1) is 23.3 Å². The molecule has 3 rings (SSSR count). The van der Waals surface area contributed by atoms with Crippen LogP contribution in [0.1, 0.15) is 29.1 Å². The largest absolute Gasteiger partial charge is 0.433 e. The third-order valence-corrected chi connectivity index (χ3v) is 4.18. The van der Waals surface area contributed by atoms with Gasteiger partial charge in [0.2, 0.25) is 5.91 Å². The average Bonchev–Trinajstić information content (AvgIpc) is 2.87. The maximum Gasteiger partial charge on any atom is 0.433 e. The molecule has 2 aromatic rings. The molecule has 1 amide bonds. The summed E-state index contributed by atoms with van der Waals surface area (Å²) in [4.78, 5) is 15.8. The standard InChI is InChI=1S/C15H16F3N5O/c1-8-5-10(7-19-13(8)15(16,17)18)20-14(24)9-3-4-12-11(6-9)21-22-23(12)2/h5,7,9H,3-4,6H2,1-2H3,(H,20,24). The van der Waals surface area contributed by atoms with Crippen LogP contribution < -0.4 is 5.32 Å². The molecular formula is C15H16F3N5O. The molecule has 0 spiro atoms. The number of hydrogen-bond donors (Lipinski definition) is 1. The van der Waals surface area contributed by atoms with Crippen LogP contribution in [0.15, 0.2) is 12.3 Å². The Labute approximate surface area is 136 Å². The number of aryl methyl sites for hydroxylation is 2. The van der Waals surface area contributed by atoms with Gasteiger partial charge in [-0.15, -0.1) is 5.10 Å². The summed E-state index contributed by atoms with van der Waals surface area (Å²) >= 11 is 0. The van der Waals surface area contributed by atoms with Crippen molar-refractivity contribution in [3.05, 3.63) is 34.9 Å². The van der Waals surface area contributed by atoms with Crippen molar-refractivity contribution in [2.24, 2.45) is 13.0 Å². The summed E-state index contributed by atoms with van der Waals surface area (Å²) in [7, 11) is 1.81. The van der Waals surface area contributed by atoms with E-state index in [0.29, 0.717) is 19.3 Å². The lowest BCUT2D eigenvalue weighted by Gasteiger charge is -2.21. The number of halogens is 3. The van der Waals surface area contributed by atoms with Gasteiger partial charge in [0.15, 0.2) is 0 Å². The van der Waals surface area contributed by atoms with Crippen LogP contribution in [-0.4, -0.2) is 25.9 Å². The third kappa shape index (κ3) is 3.10. The minimum atomic E-state index is -4.50. The molecule has 0 saturated carbocycles. The third-order valence-electron chi connectivity index (χ3n) is 4.18. The van der Waals surface area contributed by atoms with E-state index >= 15 is 0 Å². The van der Waals surface area contributed by atoms with E-state index in [4.69, 9.17) is 0 Å². The van der Waals surface area contributed by atoms with Gasteiger partial charge in [-0.3, -0.25) is 9.48 Å². The Morgan fingerprint density at radius 3 is 2.83 bits per heavy atom. The fraction of sp³-hybridized carbons (Fsp3) is 0.467. The molecule has 0 saturated heterocycles. The van der Waals surface area contributed by atoms with Crippen molar-refractivity contribution < 1.29 is 18.0 Å². The van der Waals surface area contributed by atoms with Crippen molar-refractivity contribution >= 4 is 11.6 Å². The number of fused-ring (bicyclic) bond motifs is 1. The molecule has 6 nitrogen and oxygen atoms in total. The zero-order chi connectivity index (χ0) is 17.5. The predicted molar refractivity (Wildman–Crippen MR) is 79.1 cm³/mol. The number of carbonyl (C=O) groups is 1. The van der Waals surface area contributed by atoms with Gasteiger partial charge in [0, 0.05) is 19.4 Å². The zero-order valence-corrected chi connectivity index (χ0v) is 13.2. The second kappa shape index (κ2) is 5.88. The number of amides is 1. The second-order valence-electron chi connectivity index (χ2n) is 5.92. The first kappa shape index (κ1) is 16.4. The second-order valence-corrected chi connectivity index (χ2v) is 5.92. The van der Waals surface area contributed by atoms with Crippen LogP contribution >= 0.6 is 0 Å². The van der Waals surface area contributed by atoms with Gasteiger partial charge < -0.3 is 5.32 Å². The van der Waals surface area contributed by atoms with Crippen molar-refractivity contribution in [3.8, 4) is 0 Å². The van der Waals surface area contributed by atoms with E-state index < -0.39 is 11.9 Å². The molecule has 1 unspecified atom stereocenters. The van der Waals surface area contributed by atoms with Gasteiger partial charge in [0.25, 0.3) is 0 Å². The first-order valence-corrected chi connectivity index (χ1v) is 7.48. The molecule has 24 heavy (non-hydrogen) atoms. The number of nitrogens with zero attached hydrogens (tertiary/aromatic N) is 4. The Bertz CT molecular complexity index is 784. The van der Waals surface area contributed by atoms with E-state index in [2.05, 4.69) is 20.6 Å². The summed E-state index contributed by atoms with van der Waals surface area (Å²) in [5.74, 6) is -0.524. The van der Waals surface area contributed by atoms with Gasteiger partial charge in [-0.1, -0.05) is 5.21 Å². The predicted octanol–water partition coefficient (Wildman–Crippen LogP) is 2.28. The first-order chi connectivity index (χ1) is 11.3.